The van der Waals surface area contributed by atoms with E-state index in [0.29, 0.717) is 19.3 Å². The number of nitrogens with one attached hydrogen (secondary N) is 3. The topological polar surface area (TPSA) is 154 Å². The zero-order chi connectivity index (χ0) is 30.6. The molecule has 3 N–H and O–H groups in total. The summed E-state index contributed by atoms with van der Waals surface area (Å²) in [7, 11) is 1.26. The van der Waals surface area contributed by atoms with Crippen molar-refractivity contribution >= 4 is 30.2 Å². The lowest BCUT2D eigenvalue weighted by atomic mass is 10.1. The lowest BCUT2D eigenvalue weighted by Gasteiger charge is -2.23. The summed E-state index contributed by atoms with van der Waals surface area (Å²) >= 11 is 0. The van der Waals surface area contributed by atoms with Crippen molar-refractivity contribution in [2.75, 3.05) is 13.7 Å². The summed E-state index contributed by atoms with van der Waals surface area (Å²) in [6.45, 7) is 5.44. The van der Waals surface area contributed by atoms with Gasteiger partial charge in [0.05, 0.1) is 7.11 Å². The van der Waals surface area contributed by atoms with Crippen LogP contribution in [0.3, 0.4) is 0 Å². The summed E-state index contributed by atoms with van der Waals surface area (Å²) in [5, 5.41) is 7.54. The van der Waals surface area contributed by atoms with Crippen LogP contribution in [-0.4, -0.2) is 55.0 Å². The Morgan fingerprint density at radius 2 is 1.38 bits per heavy atom. The number of hydrogen-bond acceptors (Lipinski definition) is 9. The van der Waals surface area contributed by atoms with Gasteiger partial charge in [-0.05, 0) is 57.1 Å². The van der Waals surface area contributed by atoms with Crippen LogP contribution in [0.25, 0.3) is 0 Å². The summed E-state index contributed by atoms with van der Waals surface area (Å²) in [5.41, 5.74) is -0.302. The maximum Gasteiger partial charge on any atom is 0.414 e. The first-order chi connectivity index (χ1) is 20.0. The number of alkyl carbamates (subject to hydrolysis) is 3. The predicted molar refractivity (Wildman–Crippen MR) is 153 cm³/mol. The van der Waals surface area contributed by atoms with Gasteiger partial charge in [0.2, 0.25) is 5.96 Å². The van der Waals surface area contributed by atoms with Crippen LogP contribution in [0.15, 0.2) is 65.7 Å². The Morgan fingerprint density at radius 1 is 0.857 bits per heavy atom. The number of aliphatic imine (C=N–C) groups is 1. The van der Waals surface area contributed by atoms with Crippen LogP contribution >= 0.6 is 0 Å². The molecule has 1 aliphatic carbocycles. The third-order valence-electron chi connectivity index (χ3n) is 6.23. The number of ether oxygens (including phenoxy) is 4. The van der Waals surface area contributed by atoms with Gasteiger partial charge < -0.3 is 24.3 Å². The van der Waals surface area contributed by atoms with Gasteiger partial charge in [-0.2, -0.15) is 0 Å². The molecule has 2 aromatic carbocycles. The van der Waals surface area contributed by atoms with E-state index >= 15 is 0 Å². The molecule has 0 bridgehead atoms. The molecule has 2 aromatic rings. The molecule has 1 fully saturated rings. The molecule has 12 nitrogen and oxygen atoms in total. The van der Waals surface area contributed by atoms with E-state index < -0.39 is 35.4 Å². The average Bonchev–Trinajstić information content (AvgIpc) is 3.65. The van der Waals surface area contributed by atoms with E-state index in [9.17, 15) is 19.2 Å². The Labute approximate surface area is 245 Å². The largest absolute Gasteiger partial charge is 0.467 e. The molecule has 12 heteroatoms. The molecule has 0 unspecified atom stereocenters. The summed E-state index contributed by atoms with van der Waals surface area (Å²) < 4.78 is 20.7. The first-order valence-electron chi connectivity index (χ1n) is 13.6. The zero-order valence-electron chi connectivity index (χ0n) is 24.3. The molecule has 1 aliphatic rings. The number of guanidine groups is 1. The van der Waals surface area contributed by atoms with Crippen LogP contribution in [0.4, 0.5) is 14.4 Å². The summed E-state index contributed by atoms with van der Waals surface area (Å²) in [5.74, 6) is -0.884. The van der Waals surface area contributed by atoms with Gasteiger partial charge in [-0.25, -0.2) is 19.2 Å². The van der Waals surface area contributed by atoms with Gasteiger partial charge in [0.15, 0.2) is 0 Å². The Balaban J connectivity index is 1.56. The minimum atomic E-state index is -1.16. The molecule has 0 aliphatic heterocycles. The Kier molecular flexibility index (Phi) is 11.3. The van der Waals surface area contributed by atoms with Crippen LogP contribution < -0.4 is 16.0 Å². The summed E-state index contributed by atoms with van der Waals surface area (Å²) in [6, 6.07) is 18.2. The minimum absolute atomic E-state index is 0.0281. The highest BCUT2D eigenvalue weighted by Crippen LogP contribution is 2.47. The molecular weight excluding hydrogens is 544 g/mol. The molecule has 0 heterocycles. The first kappa shape index (κ1) is 31.9. The number of methoxy groups -OCH3 is 1. The van der Waals surface area contributed by atoms with Crippen molar-refractivity contribution in [1.82, 2.24) is 16.0 Å². The number of rotatable bonds is 10. The highest BCUT2D eigenvalue weighted by atomic mass is 16.6. The normalized spacial score (nSPS) is 17.2. The molecule has 3 rings (SSSR count). The van der Waals surface area contributed by atoms with Crippen LogP contribution in [0, 0.1) is 5.92 Å². The highest BCUT2D eigenvalue weighted by molar-refractivity contribution is 6.01. The summed E-state index contributed by atoms with van der Waals surface area (Å²) in [4.78, 5) is 53.9. The second kappa shape index (κ2) is 14.9. The molecule has 42 heavy (non-hydrogen) atoms. The van der Waals surface area contributed by atoms with Crippen LogP contribution in [0.2, 0.25) is 0 Å². The number of carbonyl (C=O) groups excluding carboxylic acids is 4. The van der Waals surface area contributed by atoms with Crippen molar-refractivity contribution in [2.24, 2.45) is 10.9 Å². The SMILES string of the molecule is COC(=O)[C@]1(NC(=O)OC(C)(C)C)C[C@H]1CCCN=C(NC(=O)OCc1ccccc1)NC(=O)OCc1ccccc1. The molecule has 0 radical (unpaired) electrons. The van der Waals surface area contributed by atoms with Crippen molar-refractivity contribution < 1.29 is 38.1 Å². The van der Waals surface area contributed by atoms with E-state index in [1.165, 1.54) is 7.11 Å². The molecule has 0 spiro atoms. The smallest absolute Gasteiger partial charge is 0.414 e. The number of carbonyl (C=O) groups is 4. The Hall–Kier alpha value is -4.61. The third kappa shape index (κ3) is 10.4. The van der Waals surface area contributed by atoms with Gasteiger partial charge in [0.1, 0.15) is 24.4 Å². The van der Waals surface area contributed by atoms with Crippen molar-refractivity contribution in [3.63, 3.8) is 0 Å². The van der Waals surface area contributed by atoms with Gasteiger partial charge in [-0.15, -0.1) is 0 Å². The zero-order valence-corrected chi connectivity index (χ0v) is 24.3. The number of nitrogens with zero attached hydrogens (tertiary/aromatic N) is 1. The van der Waals surface area contributed by atoms with Crippen LogP contribution in [0.1, 0.15) is 51.2 Å². The Bertz CT molecular complexity index is 1190. The molecular formula is C30H38N4O8. The van der Waals surface area contributed by atoms with E-state index in [1.807, 2.05) is 60.7 Å². The quantitative estimate of drug-likeness (QED) is 0.122. The average molecular weight is 583 g/mol. The van der Waals surface area contributed by atoms with Crippen molar-refractivity contribution in [1.29, 1.82) is 0 Å². The monoisotopic (exact) mass is 582 g/mol. The maximum atomic E-state index is 12.5. The third-order valence-corrected chi connectivity index (χ3v) is 6.23. The second-order valence-corrected chi connectivity index (χ2v) is 10.7. The molecule has 0 saturated heterocycles. The van der Waals surface area contributed by atoms with E-state index in [2.05, 4.69) is 20.9 Å². The number of amides is 3. The number of benzene rings is 2. The fourth-order valence-electron chi connectivity index (χ4n) is 4.15. The molecule has 1 saturated carbocycles. The van der Waals surface area contributed by atoms with E-state index in [0.717, 1.165) is 11.1 Å². The molecule has 226 valence electrons. The van der Waals surface area contributed by atoms with Gasteiger partial charge in [-0.3, -0.25) is 15.6 Å². The van der Waals surface area contributed by atoms with E-state index in [4.69, 9.17) is 18.9 Å². The van der Waals surface area contributed by atoms with Crippen LogP contribution in [0.5, 0.6) is 0 Å². The number of esters is 1. The molecule has 3 amide bonds. The van der Waals surface area contributed by atoms with E-state index in [-0.39, 0.29) is 31.6 Å². The summed E-state index contributed by atoms with van der Waals surface area (Å²) in [6.07, 6.45) is -0.942. The van der Waals surface area contributed by atoms with Gasteiger partial charge in [-0.1, -0.05) is 60.7 Å². The van der Waals surface area contributed by atoms with Crippen molar-refractivity contribution in [3.05, 3.63) is 71.8 Å². The lowest BCUT2D eigenvalue weighted by Crippen LogP contribution is -2.47. The molecule has 2 atom stereocenters. The van der Waals surface area contributed by atoms with Crippen molar-refractivity contribution in [3.8, 4) is 0 Å². The number of hydrogen-bond donors (Lipinski definition) is 3. The molecule has 0 aromatic heterocycles. The van der Waals surface area contributed by atoms with Crippen molar-refractivity contribution in [2.45, 2.75) is 64.4 Å². The predicted octanol–water partition coefficient (Wildman–Crippen LogP) is 4.43. The standard InChI is InChI=1S/C30H38N4O8/c1-29(2,3)42-28(38)34-30(24(35)39-4)18-23(30)16-11-17-31-25(32-26(36)40-19-21-12-7-5-8-13-21)33-27(37)41-20-22-14-9-6-10-15-22/h5-10,12-15,23H,11,16-20H2,1-4H3,(H,34,38)(H2,31,32,33,36,37)/t23-,30+/m1/s1. The van der Waals surface area contributed by atoms with E-state index in [1.54, 1.807) is 20.8 Å². The fraction of sp³-hybridized carbons (Fsp3) is 0.433. The fourth-order valence-corrected chi connectivity index (χ4v) is 4.15. The lowest BCUT2D eigenvalue weighted by molar-refractivity contribution is -0.144. The van der Waals surface area contributed by atoms with Gasteiger partial charge in [0.25, 0.3) is 0 Å². The highest BCUT2D eigenvalue weighted by Gasteiger charge is 2.62. The first-order valence-corrected chi connectivity index (χ1v) is 13.6. The Morgan fingerprint density at radius 3 is 1.86 bits per heavy atom. The second-order valence-electron chi connectivity index (χ2n) is 10.7. The van der Waals surface area contributed by atoms with Gasteiger partial charge in [0, 0.05) is 6.54 Å². The minimum Gasteiger partial charge on any atom is -0.467 e. The van der Waals surface area contributed by atoms with Gasteiger partial charge >= 0.3 is 24.2 Å². The maximum absolute atomic E-state index is 12.5. The van der Waals surface area contributed by atoms with Crippen LogP contribution in [-0.2, 0) is 37.0 Å².